The van der Waals surface area contributed by atoms with Crippen molar-refractivity contribution in [1.82, 2.24) is 0 Å². The van der Waals surface area contributed by atoms with E-state index in [1.807, 2.05) is 0 Å². The highest BCUT2D eigenvalue weighted by atomic mass is 32.1. The normalized spacial score (nSPS) is 12.8. The molecule has 0 atom stereocenters. The molecule has 1 aliphatic rings. The highest BCUT2D eigenvalue weighted by Crippen LogP contribution is 2.52. The minimum Gasteiger partial charge on any atom is -0.197 e. The molecule has 0 saturated heterocycles. The molecule has 60 heavy (non-hydrogen) atoms. The van der Waals surface area contributed by atoms with Crippen LogP contribution in [-0.4, -0.2) is 0 Å². The molecule has 1 heteroatoms. The topological polar surface area (TPSA) is 0 Å². The summed E-state index contributed by atoms with van der Waals surface area (Å²) in [5, 5.41) is 12.7. The number of benzene rings is 11. The SMILES string of the molecule is CC1(C)c2ccccc2-c2ccc(-c3c4ccccc4c(-c4ccc(-c5c6ccccc6c(-c6ccc7ccccc7c6)c6ccccc56)cc4)c4ccccc34)cc21.S. The van der Waals surface area contributed by atoms with Crippen LogP contribution in [0.5, 0.6) is 0 Å². The molecule has 284 valence electrons. The summed E-state index contributed by atoms with van der Waals surface area (Å²) in [5.74, 6) is 0. The van der Waals surface area contributed by atoms with Crippen LogP contribution in [0.1, 0.15) is 25.0 Å². The molecular formula is C59H42S. The Hall–Kier alpha value is -6.93. The smallest absolute Gasteiger partial charge is 0.0159 e. The van der Waals surface area contributed by atoms with Gasteiger partial charge in [-0.25, -0.2) is 0 Å². The van der Waals surface area contributed by atoms with Gasteiger partial charge in [-0.05, 0) is 133 Å². The molecule has 0 spiro atoms. The van der Waals surface area contributed by atoms with Crippen LogP contribution < -0.4 is 0 Å². The van der Waals surface area contributed by atoms with Crippen molar-refractivity contribution in [3.63, 3.8) is 0 Å². The summed E-state index contributed by atoms with van der Waals surface area (Å²) in [5.41, 5.74) is 15.5. The van der Waals surface area contributed by atoms with Gasteiger partial charge in [0.25, 0.3) is 0 Å². The van der Waals surface area contributed by atoms with Crippen molar-refractivity contribution in [2.45, 2.75) is 19.3 Å². The summed E-state index contributed by atoms with van der Waals surface area (Å²) < 4.78 is 0. The molecule has 0 fully saturated rings. The van der Waals surface area contributed by atoms with Crippen LogP contribution in [0.25, 0.3) is 109 Å². The molecule has 12 rings (SSSR count). The van der Waals surface area contributed by atoms with E-state index in [-0.39, 0.29) is 18.9 Å². The van der Waals surface area contributed by atoms with E-state index in [0.29, 0.717) is 0 Å². The first-order valence-electron chi connectivity index (χ1n) is 20.8. The maximum atomic E-state index is 2.47. The average Bonchev–Trinajstić information content (AvgIpc) is 3.52. The minimum absolute atomic E-state index is 0. The molecule has 0 amide bonds. The standard InChI is InChI=1S/C59H40.H2S/c1-59(2)53-26-14-13-17-43(53)44-34-33-42(36-54(44)59)58-51-24-11-7-20-47(51)56(48-21-8-12-25-52(48)58)39-30-28-38(29-31-39)55-45-18-5-9-22-49(45)57(50-23-10-6-19-46(50)55)41-32-27-37-15-3-4-16-40(37)35-41;/h3-36H,1-2H3;1H2. The Morgan fingerprint density at radius 3 is 1.08 bits per heavy atom. The quantitative estimate of drug-likeness (QED) is 0.156. The number of fused-ring (bicyclic) bond motifs is 8. The van der Waals surface area contributed by atoms with Crippen molar-refractivity contribution in [2.24, 2.45) is 0 Å². The molecule has 0 radical (unpaired) electrons. The number of rotatable bonds is 4. The Labute approximate surface area is 357 Å². The molecule has 1 aliphatic carbocycles. The van der Waals surface area contributed by atoms with E-state index < -0.39 is 0 Å². The van der Waals surface area contributed by atoms with E-state index >= 15 is 0 Å². The lowest BCUT2D eigenvalue weighted by atomic mass is 9.80. The zero-order valence-electron chi connectivity index (χ0n) is 33.6. The monoisotopic (exact) mass is 782 g/mol. The second kappa shape index (κ2) is 13.8. The molecule has 0 unspecified atom stereocenters. The van der Waals surface area contributed by atoms with Gasteiger partial charge in [0.1, 0.15) is 0 Å². The van der Waals surface area contributed by atoms with Crippen molar-refractivity contribution in [3.8, 4) is 55.6 Å². The zero-order chi connectivity index (χ0) is 39.2. The molecule has 0 saturated carbocycles. The van der Waals surface area contributed by atoms with Crippen LogP contribution in [0.3, 0.4) is 0 Å². The van der Waals surface area contributed by atoms with Gasteiger partial charge in [0, 0.05) is 5.41 Å². The summed E-state index contributed by atoms with van der Waals surface area (Å²) in [6, 6.07) is 76.9. The third-order valence-electron chi connectivity index (χ3n) is 13.2. The molecule has 0 aromatic heterocycles. The van der Waals surface area contributed by atoms with Crippen molar-refractivity contribution >= 4 is 67.4 Å². The summed E-state index contributed by atoms with van der Waals surface area (Å²) in [6.07, 6.45) is 0. The molecule has 0 heterocycles. The van der Waals surface area contributed by atoms with Crippen molar-refractivity contribution < 1.29 is 0 Å². The molecule has 11 aromatic rings. The van der Waals surface area contributed by atoms with E-state index in [2.05, 4.69) is 220 Å². The van der Waals surface area contributed by atoms with Crippen LogP contribution in [0.15, 0.2) is 206 Å². The lowest BCUT2D eigenvalue weighted by Crippen LogP contribution is -2.14. The second-order valence-corrected chi connectivity index (χ2v) is 16.8. The second-order valence-electron chi connectivity index (χ2n) is 16.8. The molecule has 0 N–H and O–H groups in total. The van der Waals surface area contributed by atoms with E-state index in [1.165, 1.54) is 121 Å². The summed E-state index contributed by atoms with van der Waals surface area (Å²) in [4.78, 5) is 0. The van der Waals surface area contributed by atoms with Gasteiger partial charge in [-0.3, -0.25) is 0 Å². The van der Waals surface area contributed by atoms with Gasteiger partial charge in [0.05, 0.1) is 0 Å². The first kappa shape index (κ1) is 36.2. The van der Waals surface area contributed by atoms with Crippen molar-refractivity contribution in [1.29, 1.82) is 0 Å². The Kier molecular flexibility index (Phi) is 8.34. The molecule has 0 bridgehead atoms. The van der Waals surface area contributed by atoms with Gasteiger partial charge in [-0.1, -0.05) is 208 Å². The third kappa shape index (κ3) is 5.32. The maximum absolute atomic E-state index is 2.47. The van der Waals surface area contributed by atoms with Crippen molar-refractivity contribution in [3.05, 3.63) is 217 Å². The van der Waals surface area contributed by atoms with Gasteiger partial charge >= 0.3 is 0 Å². The van der Waals surface area contributed by atoms with Gasteiger partial charge in [-0.2, -0.15) is 13.5 Å². The predicted molar refractivity (Wildman–Crippen MR) is 264 cm³/mol. The van der Waals surface area contributed by atoms with E-state index in [9.17, 15) is 0 Å². The third-order valence-corrected chi connectivity index (χ3v) is 13.2. The molecule has 0 nitrogen and oxygen atoms in total. The Morgan fingerprint density at radius 2 is 0.600 bits per heavy atom. The average molecular weight is 783 g/mol. The number of hydrogen-bond acceptors (Lipinski definition) is 0. The first-order chi connectivity index (χ1) is 29.0. The summed E-state index contributed by atoms with van der Waals surface area (Å²) in [6.45, 7) is 4.74. The minimum atomic E-state index is -0.0668. The largest absolute Gasteiger partial charge is 0.197 e. The van der Waals surface area contributed by atoms with Gasteiger partial charge in [-0.15, -0.1) is 0 Å². The summed E-state index contributed by atoms with van der Waals surface area (Å²) in [7, 11) is 0. The molecule has 0 aliphatic heterocycles. The maximum Gasteiger partial charge on any atom is 0.0159 e. The number of hydrogen-bond donors (Lipinski definition) is 0. The van der Waals surface area contributed by atoms with E-state index in [4.69, 9.17) is 0 Å². The fourth-order valence-corrected chi connectivity index (χ4v) is 10.5. The fourth-order valence-electron chi connectivity index (χ4n) is 10.5. The lowest BCUT2D eigenvalue weighted by molar-refractivity contribution is 0.660. The highest BCUT2D eigenvalue weighted by molar-refractivity contribution is 7.59. The summed E-state index contributed by atoms with van der Waals surface area (Å²) >= 11 is 0. The fraction of sp³-hybridized carbons (Fsp3) is 0.0508. The highest BCUT2D eigenvalue weighted by Gasteiger charge is 2.35. The van der Waals surface area contributed by atoms with Gasteiger partial charge in [0.2, 0.25) is 0 Å². The molecule has 11 aromatic carbocycles. The zero-order valence-corrected chi connectivity index (χ0v) is 34.6. The predicted octanol–water partition coefficient (Wildman–Crippen LogP) is 16.5. The van der Waals surface area contributed by atoms with Crippen LogP contribution in [0, 0.1) is 0 Å². The van der Waals surface area contributed by atoms with Crippen LogP contribution in [0.2, 0.25) is 0 Å². The first-order valence-corrected chi connectivity index (χ1v) is 20.8. The van der Waals surface area contributed by atoms with Crippen LogP contribution in [-0.2, 0) is 5.41 Å². The Bertz CT molecular complexity index is 3400. The van der Waals surface area contributed by atoms with Gasteiger partial charge < -0.3 is 0 Å². The molecular weight excluding hydrogens is 741 g/mol. The van der Waals surface area contributed by atoms with Crippen molar-refractivity contribution in [2.75, 3.05) is 0 Å². The Morgan fingerprint density at radius 1 is 0.267 bits per heavy atom. The van der Waals surface area contributed by atoms with E-state index in [0.717, 1.165) is 0 Å². The van der Waals surface area contributed by atoms with Crippen LogP contribution >= 0.6 is 13.5 Å². The lowest BCUT2D eigenvalue weighted by Gasteiger charge is -2.23. The van der Waals surface area contributed by atoms with Gasteiger partial charge in [0.15, 0.2) is 0 Å². The Balaban J connectivity index is 0.00000408. The van der Waals surface area contributed by atoms with Crippen LogP contribution in [0.4, 0.5) is 0 Å². The van der Waals surface area contributed by atoms with E-state index in [1.54, 1.807) is 0 Å².